The van der Waals surface area contributed by atoms with Crippen molar-refractivity contribution in [2.75, 3.05) is 39.3 Å². The number of nitrogens with zero attached hydrogens (tertiary/aromatic N) is 4. The molecule has 3 aliphatic rings. The minimum absolute atomic E-state index is 0.00773. The van der Waals surface area contributed by atoms with Crippen LogP contribution in [0.5, 0.6) is 0 Å². The largest absolute Gasteiger partial charge is 0.480 e. The number of rotatable bonds is 11. The van der Waals surface area contributed by atoms with Crippen LogP contribution in [0.25, 0.3) is 0 Å². The summed E-state index contributed by atoms with van der Waals surface area (Å²) >= 11 is 0. The number of hydrogen-bond donors (Lipinski definition) is 1. The highest BCUT2D eigenvalue weighted by atomic mass is 16.6. The van der Waals surface area contributed by atoms with Crippen molar-refractivity contribution in [2.24, 2.45) is 11.8 Å². The fraction of sp³-hybridized carbons (Fsp3) is 0.588. The average Bonchev–Trinajstić information content (AvgIpc) is 3.45. The van der Waals surface area contributed by atoms with Gasteiger partial charge in [-0.05, 0) is 67.7 Å². The zero-order valence-electron chi connectivity index (χ0n) is 25.8. The number of ether oxygens (including phenoxy) is 1. The van der Waals surface area contributed by atoms with E-state index in [1.54, 1.807) is 17.0 Å². The summed E-state index contributed by atoms with van der Waals surface area (Å²) in [5, 5.41) is 21.2. The van der Waals surface area contributed by atoms with Crippen LogP contribution in [-0.4, -0.2) is 88.1 Å². The Hall–Kier alpha value is -3.50. The van der Waals surface area contributed by atoms with E-state index >= 15 is 0 Å². The number of benzene rings is 2. The van der Waals surface area contributed by atoms with E-state index in [0.29, 0.717) is 23.9 Å². The van der Waals surface area contributed by atoms with Crippen LogP contribution in [0.2, 0.25) is 0 Å². The van der Waals surface area contributed by atoms with E-state index in [9.17, 15) is 24.8 Å². The SMILES string of the molecule is CCN(C(=O)OCc1ccc([N+](=O)[O-])cc1)C1CCN(C[C@H]2CN([C@@H](C(=O)O)C3CCCCC3)C[C@@H]2c2ccccc2)CC1. The Bertz CT molecular complexity index is 1240. The summed E-state index contributed by atoms with van der Waals surface area (Å²) in [6, 6.07) is 16.3. The van der Waals surface area contributed by atoms with Crippen molar-refractivity contribution >= 4 is 17.7 Å². The Balaban J connectivity index is 1.18. The summed E-state index contributed by atoms with van der Waals surface area (Å²) in [5.74, 6) is 0.187. The fourth-order valence-corrected chi connectivity index (χ4v) is 7.72. The first-order valence-electron chi connectivity index (χ1n) is 16.2. The standard InChI is InChI=1S/C34H46N4O6/c1-2-37(34(41)44-24-25-13-15-30(16-14-25)38(42)43)29-17-19-35(20-18-29)21-28-22-36(23-31(28)26-9-5-3-6-10-26)32(33(39)40)27-11-7-4-8-12-27/h3,5-6,9-10,13-16,27-29,31-32H,2,4,7-8,11-12,17-24H2,1H3,(H,39,40)/t28-,31+,32+/m0/s1. The topological polar surface area (TPSA) is 116 Å². The molecule has 2 heterocycles. The van der Waals surface area contributed by atoms with Crippen LogP contribution in [0, 0.1) is 22.0 Å². The highest BCUT2D eigenvalue weighted by Crippen LogP contribution is 2.38. The number of carboxylic acid groups (broad SMARTS) is 1. The van der Waals surface area contributed by atoms with Gasteiger partial charge >= 0.3 is 12.1 Å². The number of hydrogen-bond acceptors (Lipinski definition) is 7. The van der Waals surface area contributed by atoms with Gasteiger partial charge in [0.15, 0.2) is 0 Å². The van der Waals surface area contributed by atoms with Gasteiger partial charge in [0.25, 0.3) is 5.69 Å². The number of likely N-dealkylation sites (tertiary alicyclic amines) is 2. The van der Waals surface area contributed by atoms with Crippen molar-refractivity contribution in [3.63, 3.8) is 0 Å². The molecule has 0 radical (unpaired) electrons. The minimum atomic E-state index is -0.676. The molecule has 44 heavy (non-hydrogen) atoms. The summed E-state index contributed by atoms with van der Waals surface area (Å²) in [7, 11) is 0. The molecule has 0 spiro atoms. The lowest BCUT2D eigenvalue weighted by molar-refractivity contribution is -0.384. The molecule has 3 fully saturated rings. The average molecular weight is 607 g/mol. The van der Waals surface area contributed by atoms with Gasteiger partial charge in [0.2, 0.25) is 0 Å². The van der Waals surface area contributed by atoms with E-state index < -0.39 is 16.9 Å². The second kappa shape index (κ2) is 15.0. The number of piperidine rings is 1. The van der Waals surface area contributed by atoms with Crippen molar-refractivity contribution in [3.05, 3.63) is 75.8 Å². The zero-order valence-corrected chi connectivity index (χ0v) is 25.8. The van der Waals surface area contributed by atoms with E-state index in [2.05, 4.69) is 34.1 Å². The highest BCUT2D eigenvalue weighted by molar-refractivity contribution is 5.74. The lowest BCUT2D eigenvalue weighted by Crippen LogP contribution is -2.49. The molecule has 0 bridgehead atoms. The molecule has 2 aromatic carbocycles. The maximum atomic E-state index is 13.0. The van der Waals surface area contributed by atoms with Crippen LogP contribution < -0.4 is 0 Å². The molecule has 238 valence electrons. The van der Waals surface area contributed by atoms with E-state index in [4.69, 9.17) is 4.74 Å². The van der Waals surface area contributed by atoms with E-state index in [1.165, 1.54) is 24.1 Å². The van der Waals surface area contributed by atoms with Gasteiger partial charge in [-0.3, -0.25) is 19.8 Å². The molecule has 0 aromatic heterocycles. The molecular formula is C34H46N4O6. The van der Waals surface area contributed by atoms with Crippen molar-refractivity contribution < 1.29 is 24.4 Å². The molecule has 3 atom stereocenters. The van der Waals surface area contributed by atoms with Gasteiger partial charge < -0.3 is 19.6 Å². The van der Waals surface area contributed by atoms with Crippen LogP contribution in [-0.2, 0) is 16.1 Å². The Morgan fingerprint density at radius 3 is 2.30 bits per heavy atom. The maximum absolute atomic E-state index is 13.0. The van der Waals surface area contributed by atoms with E-state index in [-0.39, 0.29) is 30.3 Å². The highest BCUT2D eigenvalue weighted by Gasteiger charge is 2.43. The first-order chi connectivity index (χ1) is 21.3. The zero-order chi connectivity index (χ0) is 31.1. The molecule has 2 aliphatic heterocycles. The van der Waals surface area contributed by atoms with Crippen molar-refractivity contribution in [2.45, 2.75) is 76.5 Å². The van der Waals surface area contributed by atoms with Gasteiger partial charge in [-0.25, -0.2) is 4.79 Å². The third-order valence-electron chi connectivity index (χ3n) is 10.0. The monoisotopic (exact) mass is 606 g/mol. The van der Waals surface area contributed by atoms with E-state index in [1.807, 2.05) is 13.0 Å². The number of nitro groups is 1. The number of carboxylic acids is 1. The van der Waals surface area contributed by atoms with Gasteiger partial charge in [0.1, 0.15) is 12.6 Å². The normalized spacial score (nSPS) is 22.8. The quantitative estimate of drug-likeness (QED) is 0.253. The summed E-state index contributed by atoms with van der Waals surface area (Å²) in [6.45, 7) is 6.82. The third kappa shape index (κ3) is 7.77. The number of carbonyl (C=O) groups excluding carboxylic acids is 1. The van der Waals surface area contributed by atoms with Crippen molar-refractivity contribution in [1.82, 2.24) is 14.7 Å². The first kappa shape index (κ1) is 31.9. The predicted octanol–water partition coefficient (Wildman–Crippen LogP) is 5.77. The number of carbonyl (C=O) groups is 2. The predicted molar refractivity (Wildman–Crippen MR) is 167 cm³/mol. The molecule has 1 aliphatic carbocycles. The van der Waals surface area contributed by atoms with Crippen molar-refractivity contribution in [3.8, 4) is 0 Å². The Kier molecular flexibility index (Phi) is 10.9. The lowest BCUT2D eigenvalue weighted by Gasteiger charge is -2.39. The Morgan fingerprint density at radius 2 is 1.68 bits per heavy atom. The molecule has 5 rings (SSSR count). The summed E-state index contributed by atoms with van der Waals surface area (Å²) in [4.78, 5) is 42.6. The number of nitro benzene ring substituents is 1. The number of amides is 1. The van der Waals surface area contributed by atoms with Gasteiger partial charge in [-0.15, -0.1) is 0 Å². The van der Waals surface area contributed by atoms with Crippen LogP contribution >= 0.6 is 0 Å². The molecule has 2 saturated heterocycles. The molecule has 10 nitrogen and oxygen atoms in total. The van der Waals surface area contributed by atoms with Crippen LogP contribution in [0.15, 0.2) is 54.6 Å². The van der Waals surface area contributed by atoms with E-state index in [0.717, 1.165) is 71.2 Å². The third-order valence-corrected chi connectivity index (χ3v) is 10.0. The number of aliphatic carboxylic acids is 1. The van der Waals surface area contributed by atoms with Crippen LogP contribution in [0.4, 0.5) is 10.5 Å². The molecular weight excluding hydrogens is 560 g/mol. The second-order valence-corrected chi connectivity index (χ2v) is 12.7. The maximum Gasteiger partial charge on any atom is 0.410 e. The Morgan fingerprint density at radius 1 is 1.00 bits per heavy atom. The molecule has 0 unspecified atom stereocenters. The smallest absolute Gasteiger partial charge is 0.410 e. The molecule has 1 saturated carbocycles. The summed E-state index contributed by atoms with van der Waals surface area (Å²) < 4.78 is 5.59. The summed E-state index contributed by atoms with van der Waals surface area (Å²) in [5.41, 5.74) is 2.01. The fourth-order valence-electron chi connectivity index (χ4n) is 7.72. The van der Waals surface area contributed by atoms with Gasteiger partial charge in [-0.2, -0.15) is 0 Å². The second-order valence-electron chi connectivity index (χ2n) is 12.7. The summed E-state index contributed by atoms with van der Waals surface area (Å²) in [6.07, 6.45) is 6.82. The first-order valence-corrected chi connectivity index (χ1v) is 16.2. The molecule has 10 heteroatoms. The lowest BCUT2D eigenvalue weighted by atomic mass is 9.83. The molecule has 1 amide bonds. The minimum Gasteiger partial charge on any atom is -0.480 e. The van der Waals surface area contributed by atoms with Gasteiger partial charge in [0.05, 0.1) is 4.92 Å². The van der Waals surface area contributed by atoms with Crippen molar-refractivity contribution in [1.29, 1.82) is 0 Å². The van der Waals surface area contributed by atoms with Gasteiger partial charge in [0, 0.05) is 63.4 Å². The molecule has 2 aromatic rings. The number of non-ortho nitro benzene ring substituents is 1. The van der Waals surface area contributed by atoms with Gasteiger partial charge in [-0.1, -0.05) is 49.6 Å². The van der Waals surface area contributed by atoms with Crippen LogP contribution in [0.1, 0.15) is 68.9 Å². The molecule has 1 N–H and O–H groups in total. The Labute approximate surface area is 260 Å². The van der Waals surface area contributed by atoms with Crippen LogP contribution in [0.3, 0.4) is 0 Å².